The highest BCUT2D eigenvalue weighted by atomic mass is 127. The van der Waals surface area contributed by atoms with Crippen molar-refractivity contribution >= 4 is 29.9 Å². The molecule has 0 amide bonds. The number of guanidine groups is 1. The van der Waals surface area contributed by atoms with E-state index in [0.717, 1.165) is 53.9 Å². The van der Waals surface area contributed by atoms with Crippen LogP contribution in [0.5, 0.6) is 5.75 Å². The standard InChI is InChI=1S/C25H31N5O2.HI/c1-3-26-25(29-16-24-27-15-22(30-24)19-7-5-4-6-8-19)28-14-20-10-9-18(2)13-23(20)32-21-11-12-31-17-21;/h4-10,13,15,21H,3,11-12,14,16-17H2,1-2H3,(H,27,30)(H2,26,28,29);1H. The number of aryl methyl sites for hydroxylation is 1. The molecule has 1 aliphatic rings. The second-order valence-corrected chi connectivity index (χ2v) is 7.87. The van der Waals surface area contributed by atoms with Crippen molar-refractivity contribution in [3.05, 3.63) is 71.7 Å². The number of aromatic nitrogens is 2. The Morgan fingerprint density at radius 1 is 1.21 bits per heavy atom. The van der Waals surface area contributed by atoms with Crippen LogP contribution in [-0.4, -0.2) is 41.8 Å². The molecule has 33 heavy (non-hydrogen) atoms. The summed E-state index contributed by atoms with van der Waals surface area (Å²) in [5.74, 6) is 2.48. The Morgan fingerprint density at radius 3 is 2.82 bits per heavy atom. The number of nitrogens with one attached hydrogen (secondary N) is 3. The smallest absolute Gasteiger partial charge is 0.191 e. The molecule has 1 fully saturated rings. The molecule has 3 N–H and O–H groups in total. The molecule has 176 valence electrons. The van der Waals surface area contributed by atoms with Gasteiger partial charge < -0.3 is 25.1 Å². The molecule has 0 saturated carbocycles. The first kappa shape index (κ1) is 25.0. The number of imidazole rings is 1. The van der Waals surface area contributed by atoms with Crippen molar-refractivity contribution in [2.24, 2.45) is 4.99 Å². The largest absolute Gasteiger partial charge is 0.488 e. The minimum atomic E-state index is 0. The van der Waals surface area contributed by atoms with Crippen LogP contribution in [0, 0.1) is 6.92 Å². The van der Waals surface area contributed by atoms with Crippen LogP contribution in [0.2, 0.25) is 0 Å². The molecule has 4 rings (SSSR count). The molecular formula is C25H32IN5O2. The molecule has 2 aromatic carbocycles. The highest BCUT2D eigenvalue weighted by molar-refractivity contribution is 14.0. The van der Waals surface area contributed by atoms with Gasteiger partial charge in [0, 0.05) is 18.5 Å². The number of rotatable bonds is 8. The summed E-state index contributed by atoms with van der Waals surface area (Å²) in [5.41, 5.74) is 4.35. The Bertz CT molecular complexity index is 1030. The van der Waals surface area contributed by atoms with Crippen molar-refractivity contribution in [1.29, 1.82) is 0 Å². The van der Waals surface area contributed by atoms with E-state index in [4.69, 9.17) is 14.5 Å². The van der Waals surface area contributed by atoms with E-state index in [0.29, 0.717) is 19.7 Å². The van der Waals surface area contributed by atoms with Crippen molar-refractivity contribution in [1.82, 2.24) is 20.6 Å². The van der Waals surface area contributed by atoms with E-state index >= 15 is 0 Å². The number of aliphatic imine (C=N–C) groups is 1. The number of hydrogen-bond acceptors (Lipinski definition) is 4. The second-order valence-electron chi connectivity index (χ2n) is 7.87. The van der Waals surface area contributed by atoms with Gasteiger partial charge in [0.2, 0.25) is 0 Å². The molecule has 0 bridgehead atoms. The van der Waals surface area contributed by atoms with Gasteiger partial charge in [-0.1, -0.05) is 42.5 Å². The minimum absolute atomic E-state index is 0. The summed E-state index contributed by atoms with van der Waals surface area (Å²) in [7, 11) is 0. The van der Waals surface area contributed by atoms with E-state index in [1.54, 1.807) is 0 Å². The number of hydrogen-bond donors (Lipinski definition) is 3. The Labute approximate surface area is 212 Å². The Morgan fingerprint density at radius 2 is 2.06 bits per heavy atom. The lowest BCUT2D eigenvalue weighted by atomic mass is 10.1. The SMILES string of the molecule is CCNC(=NCc1ccc(C)cc1OC1CCOC1)NCc1ncc(-c2ccccc2)[nH]1.I. The predicted octanol–water partition coefficient (Wildman–Crippen LogP) is 4.43. The average Bonchev–Trinajstić information content (AvgIpc) is 3.50. The summed E-state index contributed by atoms with van der Waals surface area (Å²) >= 11 is 0. The van der Waals surface area contributed by atoms with E-state index in [2.05, 4.69) is 64.8 Å². The highest BCUT2D eigenvalue weighted by Crippen LogP contribution is 2.24. The third kappa shape index (κ3) is 7.20. The quantitative estimate of drug-likeness (QED) is 0.216. The summed E-state index contributed by atoms with van der Waals surface area (Å²) in [6.07, 6.45) is 2.90. The molecule has 1 saturated heterocycles. The van der Waals surface area contributed by atoms with Crippen LogP contribution >= 0.6 is 24.0 Å². The van der Waals surface area contributed by atoms with E-state index in [9.17, 15) is 0 Å². The van der Waals surface area contributed by atoms with E-state index < -0.39 is 0 Å². The Balaban J connectivity index is 0.00000306. The van der Waals surface area contributed by atoms with Gasteiger partial charge >= 0.3 is 0 Å². The minimum Gasteiger partial charge on any atom is -0.488 e. The fourth-order valence-electron chi connectivity index (χ4n) is 3.58. The van der Waals surface area contributed by atoms with Gasteiger partial charge in [-0.05, 0) is 31.0 Å². The number of halogens is 1. The average molecular weight is 561 g/mol. The number of ether oxygens (including phenoxy) is 2. The summed E-state index contributed by atoms with van der Waals surface area (Å²) in [6.45, 7) is 7.38. The van der Waals surface area contributed by atoms with E-state index in [1.165, 1.54) is 5.56 Å². The number of nitrogens with zero attached hydrogens (tertiary/aromatic N) is 2. The van der Waals surface area contributed by atoms with Gasteiger partial charge in [-0.3, -0.25) is 0 Å². The van der Waals surface area contributed by atoms with Crippen molar-refractivity contribution in [2.75, 3.05) is 19.8 Å². The third-order valence-corrected chi connectivity index (χ3v) is 5.29. The monoisotopic (exact) mass is 561 g/mol. The summed E-state index contributed by atoms with van der Waals surface area (Å²) in [4.78, 5) is 12.6. The zero-order valence-corrected chi connectivity index (χ0v) is 21.5. The van der Waals surface area contributed by atoms with Crippen LogP contribution in [0.25, 0.3) is 11.3 Å². The highest BCUT2D eigenvalue weighted by Gasteiger charge is 2.18. The van der Waals surface area contributed by atoms with Gasteiger partial charge in [-0.15, -0.1) is 24.0 Å². The van der Waals surface area contributed by atoms with Crippen LogP contribution in [0.1, 0.15) is 30.3 Å². The number of aromatic amines is 1. The maximum Gasteiger partial charge on any atom is 0.191 e. The molecule has 0 radical (unpaired) electrons. The number of benzene rings is 2. The Hall–Kier alpha value is -2.59. The first-order chi connectivity index (χ1) is 15.7. The summed E-state index contributed by atoms with van der Waals surface area (Å²) in [6, 6.07) is 16.4. The van der Waals surface area contributed by atoms with Crippen molar-refractivity contribution in [2.45, 2.75) is 39.5 Å². The van der Waals surface area contributed by atoms with Crippen LogP contribution in [0.4, 0.5) is 0 Å². The summed E-state index contributed by atoms with van der Waals surface area (Å²) < 4.78 is 11.7. The lowest BCUT2D eigenvalue weighted by Crippen LogP contribution is -2.37. The lowest BCUT2D eigenvalue weighted by molar-refractivity contribution is 0.140. The number of H-pyrrole nitrogens is 1. The molecule has 0 spiro atoms. The maximum atomic E-state index is 6.20. The van der Waals surface area contributed by atoms with Gasteiger partial charge in [0.25, 0.3) is 0 Å². The topological polar surface area (TPSA) is 83.6 Å². The van der Waals surface area contributed by atoms with Gasteiger partial charge in [0.15, 0.2) is 5.96 Å². The molecule has 1 unspecified atom stereocenters. The Kier molecular flexibility index (Phi) is 9.56. The molecule has 1 atom stereocenters. The fourth-order valence-corrected chi connectivity index (χ4v) is 3.58. The van der Waals surface area contributed by atoms with Gasteiger partial charge in [0.05, 0.1) is 38.2 Å². The molecule has 8 heteroatoms. The molecule has 3 aromatic rings. The van der Waals surface area contributed by atoms with Crippen LogP contribution in [0.3, 0.4) is 0 Å². The van der Waals surface area contributed by atoms with Gasteiger partial charge in [-0.25, -0.2) is 9.98 Å². The molecule has 1 aromatic heterocycles. The second kappa shape index (κ2) is 12.6. The predicted molar refractivity (Wildman–Crippen MR) is 142 cm³/mol. The molecule has 7 nitrogen and oxygen atoms in total. The third-order valence-electron chi connectivity index (χ3n) is 5.29. The van der Waals surface area contributed by atoms with Crippen LogP contribution < -0.4 is 15.4 Å². The molecule has 1 aliphatic heterocycles. The molecule has 2 heterocycles. The van der Waals surface area contributed by atoms with Gasteiger partial charge in [-0.2, -0.15) is 0 Å². The van der Waals surface area contributed by atoms with Crippen LogP contribution in [-0.2, 0) is 17.8 Å². The van der Waals surface area contributed by atoms with E-state index in [-0.39, 0.29) is 30.1 Å². The van der Waals surface area contributed by atoms with Crippen molar-refractivity contribution in [3.63, 3.8) is 0 Å². The van der Waals surface area contributed by atoms with Crippen molar-refractivity contribution in [3.8, 4) is 17.0 Å². The van der Waals surface area contributed by atoms with Crippen LogP contribution in [0.15, 0.2) is 59.7 Å². The lowest BCUT2D eigenvalue weighted by Gasteiger charge is -2.16. The zero-order valence-electron chi connectivity index (χ0n) is 19.1. The fraction of sp³-hybridized carbons (Fsp3) is 0.360. The van der Waals surface area contributed by atoms with E-state index in [1.807, 2.05) is 24.4 Å². The van der Waals surface area contributed by atoms with Gasteiger partial charge in [0.1, 0.15) is 17.7 Å². The van der Waals surface area contributed by atoms with Crippen molar-refractivity contribution < 1.29 is 9.47 Å². The zero-order chi connectivity index (χ0) is 22.2. The summed E-state index contributed by atoms with van der Waals surface area (Å²) in [5, 5.41) is 6.66. The first-order valence-corrected chi connectivity index (χ1v) is 11.2. The maximum absolute atomic E-state index is 6.20. The molecular weight excluding hydrogens is 529 g/mol. The normalized spacial score (nSPS) is 15.7. The molecule has 0 aliphatic carbocycles. The first-order valence-electron chi connectivity index (χ1n) is 11.2.